The molecule has 0 spiro atoms. The van der Waals surface area contributed by atoms with Crippen molar-refractivity contribution in [2.75, 3.05) is 6.61 Å². The lowest BCUT2D eigenvalue weighted by molar-refractivity contribution is -0.138. The molecule has 0 aliphatic carbocycles. The van der Waals surface area contributed by atoms with Crippen molar-refractivity contribution in [2.24, 2.45) is 0 Å². The van der Waals surface area contributed by atoms with Crippen LogP contribution in [0.25, 0.3) is 0 Å². The van der Waals surface area contributed by atoms with Gasteiger partial charge in [0.2, 0.25) is 0 Å². The van der Waals surface area contributed by atoms with E-state index in [1.807, 2.05) is 0 Å². The van der Waals surface area contributed by atoms with Gasteiger partial charge in [0.05, 0.1) is 12.2 Å². The number of hydrogen-bond acceptors (Lipinski definition) is 2. The Morgan fingerprint density at radius 2 is 2.00 bits per heavy atom. The van der Waals surface area contributed by atoms with E-state index in [1.54, 1.807) is 6.92 Å². The fourth-order valence-corrected chi connectivity index (χ4v) is 0.820. The predicted molar refractivity (Wildman–Crippen MR) is 55.3 cm³/mol. The van der Waals surface area contributed by atoms with Crippen LogP contribution in [-0.2, 0) is 9.53 Å². The molecule has 0 atom stereocenters. The first-order chi connectivity index (χ1) is 4.89. The zero-order chi connectivity index (χ0) is 9.07. The maximum atomic E-state index is 11.0. The van der Waals surface area contributed by atoms with E-state index < -0.39 is 8.11 Å². The molecule has 5 heteroatoms. The molecule has 0 aliphatic rings. The van der Waals surface area contributed by atoms with Gasteiger partial charge in [-0.1, -0.05) is 54.4 Å². The number of esters is 1. The molecule has 11 heavy (non-hydrogen) atoms. The Bertz CT molecular complexity index is 171. The summed E-state index contributed by atoms with van der Waals surface area (Å²) in [5, 5.41) is 0. The van der Waals surface area contributed by atoms with Gasteiger partial charge < -0.3 is 4.74 Å². The summed E-state index contributed by atoms with van der Waals surface area (Å²) in [5.41, 5.74) is 0.277. The van der Waals surface area contributed by atoms with E-state index >= 15 is 0 Å². The smallest absolute Gasteiger partial charge is 0.336 e. The number of halogens is 3. The van der Waals surface area contributed by atoms with Gasteiger partial charge in [-0.05, 0) is 6.92 Å². The fourth-order valence-electron chi connectivity index (χ4n) is 0.334. The number of alkyl halides is 3. The third-order valence-corrected chi connectivity index (χ3v) is 2.30. The van der Waals surface area contributed by atoms with Crippen LogP contribution in [0.1, 0.15) is 6.92 Å². The molecule has 0 unspecified atom stereocenters. The second kappa shape index (κ2) is 4.62. The topological polar surface area (TPSA) is 26.3 Å². The highest BCUT2D eigenvalue weighted by atomic mass is 80.0. The lowest BCUT2D eigenvalue weighted by Gasteiger charge is -2.13. The van der Waals surface area contributed by atoms with E-state index in [0.717, 1.165) is 0 Å². The van der Waals surface area contributed by atoms with Crippen LogP contribution in [0.5, 0.6) is 0 Å². The minimum atomic E-state index is -0.751. The Labute approximate surface area is 90.8 Å². The largest absolute Gasteiger partial charge is 0.463 e. The molecule has 0 aromatic carbocycles. The highest BCUT2D eigenvalue weighted by Gasteiger charge is 2.28. The fraction of sp³-hybridized carbons (Fsp3) is 0.500. The van der Waals surface area contributed by atoms with E-state index in [4.69, 9.17) is 4.74 Å². The van der Waals surface area contributed by atoms with Crippen molar-refractivity contribution in [3.8, 4) is 0 Å². The maximum Gasteiger partial charge on any atom is 0.336 e. The van der Waals surface area contributed by atoms with Crippen LogP contribution >= 0.6 is 47.8 Å². The van der Waals surface area contributed by atoms with Gasteiger partial charge in [0.15, 0.2) is 2.14 Å². The van der Waals surface area contributed by atoms with Crippen molar-refractivity contribution in [2.45, 2.75) is 9.07 Å². The maximum absolute atomic E-state index is 11.0. The molecule has 0 heterocycles. The first-order valence-corrected chi connectivity index (χ1v) is 5.20. The van der Waals surface area contributed by atoms with Gasteiger partial charge in [0.1, 0.15) is 0 Å². The van der Waals surface area contributed by atoms with E-state index in [1.165, 1.54) is 0 Å². The summed E-state index contributed by atoms with van der Waals surface area (Å²) in [6.07, 6.45) is 0. The SMILES string of the molecule is C=C(C(=O)OCC)C(Br)(Br)Br. The predicted octanol–water partition coefficient (Wildman–Crippen LogP) is 2.94. The Morgan fingerprint density at radius 1 is 1.55 bits per heavy atom. The molecular formula is C6H7Br3O2. The zero-order valence-corrected chi connectivity index (χ0v) is 10.6. The van der Waals surface area contributed by atoms with E-state index in [9.17, 15) is 4.79 Å². The second-order valence-corrected chi connectivity index (χ2v) is 8.46. The van der Waals surface area contributed by atoms with Gasteiger partial charge in [-0.2, -0.15) is 0 Å². The van der Waals surface area contributed by atoms with Crippen LogP contribution in [0.2, 0.25) is 0 Å². The van der Waals surface area contributed by atoms with Crippen LogP contribution in [0.4, 0.5) is 0 Å². The second-order valence-electron chi connectivity index (χ2n) is 1.70. The molecule has 2 nitrogen and oxygen atoms in total. The summed E-state index contributed by atoms with van der Waals surface area (Å²) < 4.78 is 3.95. The van der Waals surface area contributed by atoms with Crippen molar-refractivity contribution >= 4 is 53.8 Å². The van der Waals surface area contributed by atoms with Crippen LogP contribution in [-0.4, -0.2) is 14.7 Å². The average molecular weight is 351 g/mol. The molecule has 0 aromatic rings. The van der Waals surface area contributed by atoms with Crippen molar-refractivity contribution < 1.29 is 9.53 Å². The summed E-state index contributed by atoms with van der Waals surface area (Å²) in [6.45, 7) is 5.62. The van der Waals surface area contributed by atoms with Crippen LogP contribution < -0.4 is 0 Å². The summed E-state index contributed by atoms with van der Waals surface area (Å²) in [4.78, 5) is 11.0. The van der Waals surface area contributed by atoms with Crippen molar-refractivity contribution in [3.05, 3.63) is 12.2 Å². The molecule has 0 rings (SSSR count). The summed E-state index contributed by atoms with van der Waals surface area (Å²) in [6, 6.07) is 0. The van der Waals surface area contributed by atoms with Gasteiger partial charge in [0.25, 0.3) is 0 Å². The Balaban J connectivity index is 4.15. The van der Waals surface area contributed by atoms with Crippen molar-refractivity contribution in [1.29, 1.82) is 0 Å². The van der Waals surface area contributed by atoms with Gasteiger partial charge >= 0.3 is 5.97 Å². The van der Waals surface area contributed by atoms with E-state index in [-0.39, 0.29) is 5.57 Å². The first kappa shape index (κ1) is 11.6. The van der Waals surface area contributed by atoms with Gasteiger partial charge in [-0.25, -0.2) is 4.79 Å². The Hall–Kier alpha value is 0.650. The van der Waals surface area contributed by atoms with Crippen LogP contribution in [0.15, 0.2) is 12.2 Å². The number of ether oxygens (including phenoxy) is 1. The average Bonchev–Trinajstić information content (AvgIpc) is 1.85. The Kier molecular flexibility index (Phi) is 4.89. The quantitative estimate of drug-likeness (QED) is 0.435. The molecule has 0 fully saturated rings. The zero-order valence-electron chi connectivity index (χ0n) is 5.86. The summed E-state index contributed by atoms with van der Waals surface area (Å²) in [7, 11) is 0. The molecule has 0 aromatic heterocycles. The molecule has 0 amide bonds. The third-order valence-electron chi connectivity index (χ3n) is 0.864. The van der Waals surface area contributed by atoms with Gasteiger partial charge in [-0.15, -0.1) is 0 Å². The molecular weight excluding hydrogens is 344 g/mol. The lowest BCUT2D eigenvalue weighted by Crippen LogP contribution is -2.16. The molecule has 0 aliphatic heterocycles. The van der Waals surface area contributed by atoms with Gasteiger partial charge in [0, 0.05) is 0 Å². The first-order valence-electron chi connectivity index (χ1n) is 2.82. The van der Waals surface area contributed by atoms with Gasteiger partial charge in [-0.3, -0.25) is 0 Å². The summed E-state index contributed by atoms with van der Waals surface area (Å²) in [5.74, 6) is -0.432. The summed E-state index contributed by atoms with van der Waals surface area (Å²) >= 11 is 9.44. The molecule has 0 radical (unpaired) electrons. The Morgan fingerprint density at radius 3 is 2.27 bits per heavy atom. The molecule has 0 saturated carbocycles. The van der Waals surface area contributed by atoms with Crippen LogP contribution in [0.3, 0.4) is 0 Å². The molecule has 0 bridgehead atoms. The standard InChI is InChI=1S/C6H7Br3O2/c1-3-11-5(10)4(2)6(7,8)9/h2-3H2,1H3. The van der Waals surface area contributed by atoms with E-state index in [0.29, 0.717) is 6.61 Å². The number of carbonyl (C=O) groups excluding carboxylic acids is 1. The highest BCUT2D eigenvalue weighted by Crippen LogP contribution is 2.40. The van der Waals surface area contributed by atoms with E-state index in [2.05, 4.69) is 54.4 Å². The number of rotatable bonds is 2. The molecule has 0 saturated heterocycles. The normalized spacial score (nSPS) is 10.9. The minimum absolute atomic E-state index is 0.277. The molecule has 64 valence electrons. The monoisotopic (exact) mass is 348 g/mol. The number of hydrogen-bond donors (Lipinski definition) is 0. The van der Waals surface area contributed by atoms with Crippen molar-refractivity contribution in [3.63, 3.8) is 0 Å². The molecule has 0 N–H and O–H groups in total. The number of carbonyl (C=O) groups is 1. The minimum Gasteiger partial charge on any atom is -0.463 e. The van der Waals surface area contributed by atoms with Crippen molar-refractivity contribution in [1.82, 2.24) is 0 Å². The van der Waals surface area contributed by atoms with Crippen LogP contribution in [0, 0.1) is 0 Å². The highest BCUT2D eigenvalue weighted by molar-refractivity contribution is 9.39. The third kappa shape index (κ3) is 4.28. The lowest BCUT2D eigenvalue weighted by atomic mass is 10.4.